The molecule has 3 aromatic carbocycles. The van der Waals surface area contributed by atoms with Crippen molar-refractivity contribution in [1.29, 1.82) is 0 Å². The lowest BCUT2D eigenvalue weighted by molar-refractivity contribution is -0.384. The molecule has 31 heavy (non-hydrogen) atoms. The first kappa shape index (κ1) is 18.5. The third kappa shape index (κ3) is 3.28. The number of nitro benzene ring substituents is 1. The van der Waals surface area contributed by atoms with Crippen LogP contribution in [0.1, 0.15) is 11.1 Å². The average Bonchev–Trinajstić information content (AvgIpc) is 3.13. The van der Waals surface area contributed by atoms with Crippen LogP contribution in [0.15, 0.2) is 85.2 Å². The number of carbonyl (C=O) groups excluding carboxylic acids is 1. The third-order valence-electron chi connectivity index (χ3n) is 5.21. The molecule has 2 N–H and O–H groups in total. The van der Waals surface area contributed by atoms with Gasteiger partial charge in [0.25, 0.3) is 11.6 Å². The van der Waals surface area contributed by atoms with E-state index in [-0.39, 0.29) is 11.6 Å². The first-order valence-electron chi connectivity index (χ1n) is 9.61. The van der Waals surface area contributed by atoms with Crippen molar-refractivity contribution in [3.05, 3.63) is 106 Å². The number of aromatic nitrogens is 1. The van der Waals surface area contributed by atoms with Crippen LogP contribution in [0.5, 0.6) is 0 Å². The second-order valence-corrected chi connectivity index (χ2v) is 7.08. The Kier molecular flexibility index (Phi) is 4.41. The van der Waals surface area contributed by atoms with Gasteiger partial charge in [-0.25, -0.2) is 0 Å². The number of amides is 1. The molecule has 1 aliphatic heterocycles. The number of pyridine rings is 1. The van der Waals surface area contributed by atoms with Crippen molar-refractivity contribution in [1.82, 2.24) is 4.98 Å². The summed E-state index contributed by atoms with van der Waals surface area (Å²) in [6.45, 7) is 0. The number of carbonyl (C=O) groups is 1. The van der Waals surface area contributed by atoms with E-state index in [0.717, 1.165) is 22.0 Å². The number of benzene rings is 3. The van der Waals surface area contributed by atoms with Crippen LogP contribution in [0.3, 0.4) is 0 Å². The maximum atomic E-state index is 13.0. The molecule has 0 atom stereocenters. The highest BCUT2D eigenvalue weighted by molar-refractivity contribution is 6.37. The number of anilines is 2. The molecule has 150 valence electrons. The zero-order valence-electron chi connectivity index (χ0n) is 16.2. The van der Waals surface area contributed by atoms with E-state index >= 15 is 0 Å². The van der Waals surface area contributed by atoms with Crippen molar-refractivity contribution in [2.75, 3.05) is 10.6 Å². The highest BCUT2D eigenvalue weighted by Crippen LogP contribution is 2.39. The Balaban J connectivity index is 1.75. The molecule has 0 saturated heterocycles. The molecule has 4 aromatic rings. The van der Waals surface area contributed by atoms with Crippen molar-refractivity contribution in [2.45, 2.75) is 0 Å². The lowest BCUT2D eigenvalue weighted by Gasteiger charge is -2.16. The molecule has 1 aromatic heterocycles. The fraction of sp³-hybridized carbons (Fsp3) is 0. The topological polar surface area (TPSA) is 97.2 Å². The predicted molar refractivity (Wildman–Crippen MR) is 120 cm³/mol. The molecule has 1 aliphatic rings. The molecular weight excluding hydrogens is 392 g/mol. The van der Waals surface area contributed by atoms with Crippen molar-refractivity contribution < 1.29 is 9.72 Å². The van der Waals surface area contributed by atoms with Crippen molar-refractivity contribution in [3.8, 4) is 0 Å². The van der Waals surface area contributed by atoms with Gasteiger partial charge in [-0.15, -0.1) is 0 Å². The fourth-order valence-electron chi connectivity index (χ4n) is 3.77. The first-order valence-corrected chi connectivity index (χ1v) is 9.61. The zero-order valence-corrected chi connectivity index (χ0v) is 16.2. The summed E-state index contributed by atoms with van der Waals surface area (Å²) in [7, 11) is 0. The van der Waals surface area contributed by atoms with E-state index in [1.807, 2.05) is 54.6 Å². The van der Waals surface area contributed by atoms with Gasteiger partial charge in [-0.3, -0.25) is 19.9 Å². The van der Waals surface area contributed by atoms with Gasteiger partial charge in [-0.1, -0.05) is 42.5 Å². The first-order chi connectivity index (χ1) is 15.1. The minimum Gasteiger partial charge on any atom is -0.354 e. The van der Waals surface area contributed by atoms with Crippen LogP contribution in [0.25, 0.3) is 22.0 Å². The summed E-state index contributed by atoms with van der Waals surface area (Å²) in [5, 5.41) is 19.5. The summed E-state index contributed by atoms with van der Waals surface area (Å²) in [6, 6.07) is 21.5. The van der Waals surface area contributed by atoms with E-state index in [1.165, 1.54) is 12.1 Å². The van der Waals surface area contributed by atoms with Crippen molar-refractivity contribution >= 4 is 45.0 Å². The Labute approximate surface area is 177 Å². The minimum absolute atomic E-state index is 0.0728. The van der Waals surface area contributed by atoms with Gasteiger partial charge in [0, 0.05) is 52.2 Å². The van der Waals surface area contributed by atoms with E-state index in [0.29, 0.717) is 22.5 Å². The van der Waals surface area contributed by atoms with Crippen molar-refractivity contribution in [2.24, 2.45) is 0 Å². The number of fused-ring (bicyclic) bond motifs is 2. The molecule has 2 heterocycles. The van der Waals surface area contributed by atoms with Crippen LogP contribution in [0, 0.1) is 10.1 Å². The van der Waals surface area contributed by atoms with E-state index in [1.54, 1.807) is 18.5 Å². The number of non-ortho nitro benzene ring substituents is 1. The lowest BCUT2D eigenvalue weighted by Crippen LogP contribution is -2.10. The Morgan fingerprint density at radius 2 is 1.84 bits per heavy atom. The van der Waals surface area contributed by atoms with Crippen LogP contribution in [-0.4, -0.2) is 15.8 Å². The quantitative estimate of drug-likeness (QED) is 0.279. The average molecular weight is 408 g/mol. The molecule has 0 saturated carbocycles. The maximum absolute atomic E-state index is 13.0. The summed E-state index contributed by atoms with van der Waals surface area (Å²) in [4.78, 5) is 28.0. The summed E-state index contributed by atoms with van der Waals surface area (Å²) in [5.41, 5.74) is 3.49. The van der Waals surface area contributed by atoms with Gasteiger partial charge in [0.05, 0.1) is 16.2 Å². The van der Waals surface area contributed by atoms with Gasteiger partial charge in [-0.2, -0.15) is 0 Å². The number of hydrogen-bond acceptors (Lipinski definition) is 5. The summed E-state index contributed by atoms with van der Waals surface area (Å²) in [6.07, 6.45) is 3.49. The third-order valence-corrected chi connectivity index (χ3v) is 5.21. The molecule has 1 amide bonds. The zero-order chi connectivity index (χ0) is 21.4. The minimum atomic E-state index is -0.464. The monoisotopic (exact) mass is 408 g/mol. The molecule has 0 bridgehead atoms. The molecule has 7 nitrogen and oxygen atoms in total. The number of nitrogens with zero attached hydrogens (tertiary/aromatic N) is 2. The summed E-state index contributed by atoms with van der Waals surface area (Å²) < 4.78 is 0. The van der Waals surface area contributed by atoms with Gasteiger partial charge in [0.15, 0.2) is 0 Å². The van der Waals surface area contributed by atoms with Crippen LogP contribution >= 0.6 is 0 Å². The fourth-order valence-corrected chi connectivity index (χ4v) is 3.77. The van der Waals surface area contributed by atoms with E-state index in [2.05, 4.69) is 15.6 Å². The number of rotatable bonds is 4. The molecule has 0 fully saturated rings. The molecule has 0 spiro atoms. The molecule has 0 unspecified atom stereocenters. The maximum Gasteiger partial charge on any atom is 0.270 e. The molecular formula is C24H16N4O3. The van der Waals surface area contributed by atoms with Crippen LogP contribution < -0.4 is 10.6 Å². The lowest BCUT2D eigenvalue weighted by atomic mass is 9.99. The van der Waals surface area contributed by atoms with Crippen LogP contribution in [0.2, 0.25) is 0 Å². The summed E-state index contributed by atoms with van der Waals surface area (Å²) in [5.74, 6) is -0.316. The van der Waals surface area contributed by atoms with Gasteiger partial charge < -0.3 is 10.6 Å². The second kappa shape index (κ2) is 7.38. The number of nitrogens with one attached hydrogen (secondary N) is 2. The number of hydrogen-bond donors (Lipinski definition) is 2. The Morgan fingerprint density at radius 3 is 2.65 bits per heavy atom. The predicted octanol–water partition coefficient (Wildman–Crippen LogP) is 5.08. The highest BCUT2D eigenvalue weighted by Gasteiger charge is 2.30. The van der Waals surface area contributed by atoms with Crippen LogP contribution in [-0.2, 0) is 4.79 Å². The largest absolute Gasteiger partial charge is 0.354 e. The normalized spacial score (nSPS) is 14.1. The van der Waals surface area contributed by atoms with Gasteiger partial charge in [0.2, 0.25) is 0 Å². The Bertz CT molecular complexity index is 1370. The Morgan fingerprint density at radius 1 is 1.00 bits per heavy atom. The van der Waals surface area contributed by atoms with E-state index in [4.69, 9.17) is 0 Å². The molecule has 5 rings (SSSR count). The van der Waals surface area contributed by atoms with Gasteiger partial charge in [-0.05, 0) is 23.8 Å². The standard InChI is InChI=1S/C24H16N4O3/c29-24-22(19-13-17(28(30)31)9-10-21(19)27-24)23(15-5-2-1-3-6-15)26-20-8-4-7-16-14-25-12-11-18(16)20/h1-14,26H,(H,27,29). The van der Waals surface area contributed by atoms with Crippen LogP contribution in [0.4, 0.5) is 17.1 Å². The van der Waals surface area contributed by atoms with Gasteiger partial charge in [0.1, 0.15) is 0 Å². The van der Waals surface area contributed by atoms with Crippen molar-refractivity contribution in [3.63, 3.8) is 0 Å². The van der Waals surface area contributed by atoms with E-state index < -0.39 is 4.92 Å². The SMILES string of the molecule is O=C1Nc2ccc([N+](=O)[O-])cc2C1=C(Nc1cccc2cnccc12)c1ccccc1. The molecule has 0 aliphatic carbocycles. The Hall–Kier alpha value is -4.52. The van der Waals surface area contributed by atoms with Gasteiger partial charge >= 0.3 is 0 Å². The second-order valence-electron chi connectivity index (χ2n) is 7.08. The smallest absolute Gasteiger partial charge is 0.270 e. The molecule has 7 heteroatoms. The number of nitro groups is 1. The molecule has 0 radical (unpaired) electrons. The summed E-state index contributed by atoms with van der Waals surface area (Å²) >= 11 is 0. The highest BCUT2D eigenvalue weighted by atomic mass is 16.6. The van der Waals surface area contributed by atoms with E-state index in [9.17, 15) is 14.9 Å².